The number of ether oxygens (including phenoxy) is 2. The van der Waals surface area contributed by atoms with E-state index in [2.05, 4.69) is 14.8 Å². The van der Waals surface area contributed by atoms with E-state index in [-0.39, 0.29) is 35.1 Å². The fourth-order valence-corrected chi connectivity index (χ4v) is 1.85. The Balaban J connectivity index is 0.00000484. The van der Waals surface area contributed by atoms with E-state index in [1.807, 2.05) is 6.92 Å². The maximum Gasteiger partial charge on any atom is 0.337 e. The van der Waals surface area contributed by atoms with E-state index in [1.54, 1.807) is 0 Å². The molecule has 0 saturated carbocycles. The number of nitrogens with two attached hydrogens (primary N) is 1. The molecule has 1 unspecified atom stereocenters. The van der Waals surface area contributed by atoms with Gasteiger partial charge in [-0.05, 0) is 24.6 Å². The summed E-state index contributed by atoms with van der Waals surface area (Å²) in [5, 5.41) is 2.59. The normalized spacial score (nSPS) is 11.0. The molecule has 0 aliphatic rings. The molecule has 1 amide bonds. The van der Waals surface area contributed by atoms with Crippen LogP contribution in [-0.4, -0.2) is 38.1 Å². The van der Waals surface area contributed by atoms with E-state index < -0.39 is 18.0 Å². The maximum absolute atomic E-state index is 11.9. The SMILES string of the molecule is CCCC(N)C(=O)Nc1cc(C(=O)OC)cc(C(=O)OC)c1.Cl. The molecule has 0 aromatic heterocycles. The molecular weight excluding hydrogens is 324 g/mol. The standard InChI is InChI=1S/C15H20N2O5.ClH/c1-4-5-12(16)13(18)17-11-7-9(14(19)21-2)6-10(8-11)15(20)22-3;/h6-8,12H,4-5,16H2,1-3H3,(H,17,18);1H. The van der Waals surface area contributed by atoms with Crippen molar-refractivity contribution in [3.05, 3.63) is 29.3 Å². The number of amides is 1. The van der Waals surface area contributed by atoms with Gasteiger partial charge in [0, 0.05) is 5.69 Å². The first kappa shape index (κ1) is 20.9. The zero-order chi connectivity index (χ0) is 16.7. The van der Waals surface area contributed by atoms with E-state index in [0.29, 0.717) is 6.42 Å². The second-order valence-corrected chi connectivity index (χ2v) is 4.67. The second-order valence-electron chi connectivity index (χ2n) is 4.67. The molecule has 7 nitrogen and oxygen atoms in total. The summed E-state index contributed by atoms with van der Waals surface area (Å²) in [6, 6.07) is 3.50. The van der Waals surface area contributed by atoms with Gasteiger partial charge in [0.05, 0.1) is 31.4 Å². The van der Waals surface area contributed by atoms with Gasteiger partial charge in [0.25, 0.3) is 0 Å². The van der Waals surface area contributed by atoms with Crippen LogP contribution in [0.3, 0.4) is 0 Å². The highest BCUT2D eigenvalue weighted by atomic mass is 35.5. The van der Waals surface area contributed by atoms with Crippen LogP contribution in [0.5, 0.6) is 0 Å². The number of carbonyl (C=O) groups is 3. The summed E-state index contributed by atoms with van der Waals surface area (Å²) < 4.78 is 9.24. The molecule has 3 N–H and O–H groups in total. The third-order valence-corrected chi connectivity index (χ3v) is 2.98. The topological polar surface area (TPSA) is 108 Å². The predicted octanol–water partition coefficient (Wildman–Crippen LogP) is 1.75. The summed E-state index contributed by atoms with van der Waals surface area (Å²) in [4.78, 5) is 35.2. The first-order valence-electron chi connectivity index (χ1n) is 6.81. The molecule has 0 radical (unpaired) electrons. The Bertz CT molecular complexity index is 543. The number of halogens is 1. The number of carbonyl (C=O) groups excluding carboxylic acids is 3. The van der Waals surface area contributed by atoms with Crippen molar-refractivity contribution in [2.45, 2.75) is 25.8 Å². The van der Waals surface area contributed by atoms with Crippen molar-refractivity contribution in [3.8, 4) is 0 Å². The minimum absolute atomic E-state index is 0. The van der Waals surface area contributed by atoms with Gasteiger partial charge in [-0.1, -0.05) is 13.3 Å². The monoisotopic (exact) mass is 344 g/mol. The van der Waals surface area contributed by atoms with Gasteiger partial charge in [0.2, 0.25) is 5.91 Å². The second kappa shape index (κ2) is 9.81. The number of nitrogens with one attached hydrogen (secondary N) is 1. The van der Waals surface area contributed by atoms with Gasteiger partial charge >= 0.3 is 11.9 Å². The van der Waals surface area contributed by atoms with Gasteiger partial charge in [-0.3, -0.25) is 4.79 Å². The predicted molar refractivity (Wildman–Crippen MR) is 87.9 cm³/mol. The molecule has 0 aliphatic carbocycles. The lowest BCUT2D eigenvalue weighted by Gasteiger charge is -2.13. The summed E-state index contributed by atoms with van der Waals surface area (Å²) in [7, 11) is 2.45. The largest absolute Gasteiger partial charge is 0.465 e. The van der Waals surface area contributed by atoms with Crippen LogP contribution < -0.4 is 11.1 Å². The van der Waals surface area contributed by atoms with Gasteiger partial charge in [-0.2, -0.15) is 0 Å². The zero-order valence-electron chi connectivity index (χ0n) is 13.3. The van der Waals surface area contributed by atoms with Crippen LogP contribution in [0.1, 0.15) is 40.5 Å². The lowest BCUT2D eigenvalue weighted by Crippen LogP contribution is -2.35. The molecule has 128 valence electrons. The molecule has 0 heterocycles. The molecular formula is C15H21ClN2O5. The summed E-state index contributed by atoms with van der Waals surface area (Å²) in [5.74, 6) is -1.64. The van der Waals surface area contributed by atoms with Crippen LogP contribution in [0.15, 0.2) is 18.2 Å². The summed E-state index contributed by atoms with van der Waals surface area (Å²) in [6.07, 6.45) is 1.30. The Morgan fingerprint density at radius 2 is 1.57 bits per heavy atom. The number of methoxy groups -OCH3 is 2. The quantitative estimate of drug-likeness (QED) is 0.761. The van der Waals surface area contributed by atoms with Crippen LogP contribution in [0, 0.1) is 0 Å². The van der Waals surface area contributed by atoms with Crippen LogP contribution in [-0.2, 0) is 14.3 Å². The van der Waals surface area contributed by atoms with Crippen molar-refractivity contribution in [2.24, 2.45) is 5.73 Å². The molecule has 0 aliphatic heterocycles. The molecule has 0 fully saturated rings. The van der Waals surface area contributed by atoms with Crippen molar-refractivity contribution in [1.29, 1.82) is 0 Å². The number of benzene rings is 1. The lowest BCUT2D eigenvalue weighted by molar-refractivity contribution is -0.117. The van der Waals surface area contributed by atoms with Crippen molar-refractivity contribution in [2.75, 3.05) is 19.5 Å². The smallest absolute Gasteiger partial charge is 0.337 e. The minimum atomic E-state index is -0.659. The Labute approximate surface area is 140 Å². The number of anilines is 1. The Hall–Kier alpha value is -2.12. The Kier molecular flexibility index (Phi) is 8.90. The Morgan fingerprint density at radius 3 is 1.96 bits per heavy atom. The van der Waals surface area contributed by atoms with Crippen LogP contribution >= 0.6 is 12.4 Å². The number of esters is 2. The molecule has 1 aromatic carbocycles. The highest BCUT2D eigenvalue weighted by molar-refractivity contribution is 6.00. The molecule has 1 aromatic rings. The summed E-state index contributed by atoms with van der Waals surface area (Å²) in [6.45, 7) is 1.92. The van der Waals surface area contributed by atoms with Crippen molar-refractivity contribution in [1.82, 2.24) is 0 Å². The van der Waals surface area contributed by atoms with E-state index >= 15 is 0 Å². The average Bonchev–Trinajstić information content (AvgIpc) is 2.52. The summed E-state index contributed by atoms with van der Waals surface area (Å²) in [5.41, 5.74) is 6.26. The molecule has 0 bridgehead atoms. The third kappa shape index (κ3) is 5.88. The van der Waals surface area contributed by atoms with Crippen molar-refractivity contribution < 1.29 is 23.9 Å². The van der Waals surface area contributed by atoms with Crippen LogP contribution in [0.25, 0.3) is 0 Å². The molecule has 0 spiro atoms. The van der Waals surface area contributed by atoms with Gasteiger partial charge in [-0.15, -0.1) is 12.4 Å². The fraction of sp³-hybridized carbons (Fsp3) is 0.400. The van der Waals surface area contributed by atoms with E-state index in [0.717, 1.165) is 6.42 Å². The maximum atomic E-state index is 11.9. The molecule has 1 atom stereocenters. The zero-order valence-corrected chi connectivity index (χ0v) is 14.1. The number of rotatable bonds is 6. The number of hydrogen-bond acceptors (Lipinski definition) is 6. The van der Waals surface area contributed by atoms with Crippen LogP contribution in [0.2, 0.25) is 0 Å². The third-order valence-electron chi connectivity index (χ3n) is 2.98. The first-order valence-corrected chi connectivity index (χ1v) is 6.81. The van der Waals surface area contributed by atoms with E-state index in [9.17, 15) is 14.4 Å². The minimum Gasteiger partial charge on any atom is -0.465 e. The van der Waals surface area contributed by atoms with E-state index in [4.69, 9.17) is 5.73 Å². The van der Waals surface area contributed by atoms with Crippen molar-refractivity contribution >= 4 is 35.9 Å². The highest BCUT2D eigenvalue weighted by Gasteiger charge is 2.17. The van der Waals surface area contributed by atoms with Crippen molar-refractivity contribution in [3.63, 3.8) is 0 Å². The lowest BCUT2D eigenvalue weighted by atomic mass is 10.1. The molecule has 0 saturated heterocycles. The highest BCUT2D eigenvalue weighted by Crippen LogP contribution is 2.17. The molecule has 1 rings (SSSR count). The van der Waals surface area contributed by atoms with Gasteiger partial charge < -0.3 is 20.5 Å². The molecule has 23 heavy (non-hydrogen) atoms. The molecule has 8 heteroatoms. The fourth-order valence-electron chi connectivity index (χ4n) is 1.85. The van der Waals surface area contributed by atoms with E-state index in [1.165, 1.54) is 32.4 Å². The average molecular weight is 345 g/mol. The van der Waals surface area contributed by atoms with Gasteiger partial charge in [0.1, 0.15) is 0 Å². The number of hydrogen-bond donors (Lipinski definition) is 2. The Morgan fingerprint density at radius 1 is 1.09 bits per heavy atom. The van der Waals surface area contributed by atoms with Gasteiger partial charge in [0.15, 0.2) is 0 Å². The van der Waals surface area contributed by atoms with Crippen LogP contribution in [0.4, 0.5) is 5.69 Å². The first-order chi connectivity index (χ1) is 10.4. The van der Waals surface area contributed by atoms with Gasteiger partial charge in [-0.25, -0.2) is 9.59 Å². The summed E-state index contributed by atoms with van der Waals surface area (Å²) >= 11 is 0.